The topological polar surface area (TPSA) is 60.2 Å². The summed E-state index contributed by atoms with van der Waals surface area (Å²) >= 11 is 0. The maximum atomic E-state index is 12.5. The summed E-state index contributed by atoms with van der Waals surface area (Å²) in [6.45, 7) is 0. The van der Waals surface area contributed by atoms with Crippen LogP contribution in [0.5, 0.6) is 0 Å². The average Bonchev–Trinajstić information content (AvgIpc) is 3.11. The quantitative estimate of drug-likeness (QED) is 0.625. The third kappa shape index (κ3) is 3.10. The van der Waals surface area contributed by atoms with Gasteiger partial charge in [0.2, 0.25) is 0 Å². The average molecular weight is 273 g/mol. The van der Waals surface area contributed by atoms with Crippen LogP contribution in [0.4, 0.5) is 18.9 Å². The van der Waals surface area contributed by atoms with Gasteiger partial charge in [-0.15, -0.1) is 0 Å². The van der Waals surface area contributed by atoms with Crippen molar-refractivity contribution in [3.63, 3.8) is 0 Å². The van der Waals surface area contributed by atoms with Crippen molar-refractivity contribution in [3.8, 4) is 0 Å². The molecule has 1 aromatic rings. The second-order valence-corrected chi connectivity index (χ2v) is 4.52. The molecule has 0 atom stereocenters. The molecular formula is C12H10F3NO3. The van der Waals surface area contributed by atoms with E-state index in [0.29, 0.717) is 6.07 Å². The molecule has 0 heterocycles. The molecule has 102 valence electrons. The lowest BCUT2D eigenvalue weighted by atomic mass is 10.0. The highest BCUT2D eigenvalue weighted by Gasteiger charge is 2.34. The van der Waals surface area contributed by atoms with Gasteiger partial charge in [0, 0.05) is 24.0 Å². The lowest BCUT2D eigenvalue weighted by Gasteiger charge is -2.08. The van der Waals surface area contributed by atoms with E-state index < -0.39 is 22.4 Å². The summed E-state index contributed by atoms with van der Waals surface area (Å²) in [6, 6.07) is 2.26. The minimum absolute atomic E-state index is 0.0369. The number of carbonyl (C=O) groups excluding carboxylic acids is 1. The maximum Gasteiger partial charge on any atom is 0.416 e. The normalized spacial score (nSPS) is 15.3. The van der Waals surface area contributed by atoms with E-state index in [1.54, 1.807) is 0 Å². The van der Waals surface area contributed by atoms with Crippen molar-refractivity contribution in [2.75, 3.05) is 0 Å². The van der Waals surface area contributed by atoms with E-state index in [4.69, 9.17) is 0 Å². The summed E-state index contributed by atoms with van der Waals surface area (Å²) in [5, 5.41) is 10.8. The summed E-state index contributed by atoms with van der Waals surface area (Å²) in [6.07, 6.45) is -3.30. The first kappa shape index (κ1) is 13.5. The van der Waals surface area contributed by atoms with Crippen molar-refractivity contribution in [2.45, 2.75) is 25.4 Å². The highest BCUT2D eigenvalue weighted by atomic mass is 19.4. The Hall–Kier alpha value is -1.92. The van der Waals surface area contributed by atoms with Gasteiger partial charge in [-0.2, -0.15) is 13.2 Å². The molecule has 0 bridgehead atoms. The molecule has 0 amide bonds. The molecule has 1 saturated carbocycles. The first-order valence-electron chi connectivity index (χ1n) is 5.66. The Morgan fingerprint density at radius 1 is 1.37 bits per heavy atom. The molecule has 19 heavy (non-hydrogen) atoms. The fraction of sp³-hybridized carbons (Fsp3) is 0.417. The van der Waals surface area contributed by atoms with Gasteiger partial charge in [0.1, 0.15) is 5.78 Å². The van der Waals surface area contributed by atoms with E-state index in [-0.39, 0.29) is 23.7 Å². The highest BCUT2D eigenvalue weighted by molar-refractivity contribution is 5.86. The minimum atomic E-state index is -4.64. The number of carbonyl (C=O) groups is 1. The molecule has 0 aromatic heterocycles. The van der Waals surface area contributed by atoms with E-state index in [2.05, 4.69) is 0 Å². The number of nitro benzene ring substituents is 1. The fourth-order valence-corrected chi connectivity index (χ4v) is 1.80. The van der Waals surface area contributed by atoms with E-state index >= 15 is 0 Å². The first-order chi connectivity index (χ1) is 8.79. The third-order valence-corrected chi connectivity index (χ3v) is 3.01. The Balaban J connectivity index is 2.32. The van der Waals surface area contributed by atoms with Gasteiger partial charge in [-0.05, 0) is 18.9 Å². The van der Waals surface area contributed by atoms with Gasteiger partial charge in [0.15, 0.2) is 0 Å². The number of nitro groups is 1. The van der Waals surface area contributed by atoms with Crippen LogP contribution in [0.1, 0.15) is 24.0 Å². The van der Waals surface area contributed by atoms with Crippen molar-refractivity contribution in [1.82, 2.24) is 0 Å². The monoisotopic (exact) mass is 273 g/mol. The van der Waals surface area contributed by atoms with Crippen LogP contribution in [0.25, 0.3) is 0 Å². The number of hydrogen-bond acceptors (Lipinski definition) is 3. The predicted molar refractivity (Wildman–Crippen MR) is 59.5 cm³/mol. The van der Waals surface area contributed by atoms with Crippen LogP contribution in [0.2, 0.25) is 0 Å². The molecule has 0 unspecified atom stereocenters. The van der Waals surface area contributed by atoms with Crippen LogP contribution in [-0.2, 0) is 17.4 Å². The fourth-order valence-electron chi connectivity index (χ4n) is 1.80. The molecule has 0 aliphatic heterocycles. The van der Waals surface area contributed by atoms with Gasteiger partial charge in [-0.25, -0.2) is 0 Å². The lowest BCUT2D eigenvalue weighted by Crippen LogP contribution is -2.10. The number of nitrogens with zero attached hydrogens (tertiary/aromatic N) is 1. The van der Waals surface area contributed by atoms with Crippen LogP contribution < -0.4 is 0 Å². The highest BCUT2D eigenvalue weighted by Crippen LogP contribution is 2.35. The molecule has 1 aromatic carbocycles. The Kier molecular flexibility index (Phi) is 3.30. The number of Topliss-reactive ketones (excluding diaryl/α,β-unsaturated/α-hetero) is 1. The Morgan fingerprint density at radius 3 is 2.47 bits per heavy atom. The molecule has 1 aliphatic carbocycles. The number of benzene rings is 1. The zero-order valence-electron chi connectivity index (χ0n) is 9.74. The van der Waals surface area contributed by atoms with Crippen LogP contribution in [-0.4, -0.2) is 10.7 Å². The number of alkyl halides is 3. The molecule has 1 aliphatic rings. The van der Waals surface area contributed by atoms with E-state index in [0.717, 1.165) is 25.0 Å². The summed E-state index contributed by atoms with van der Waals surface area (Å²) in [5.74, 6) is -0.232. The molecule has 0 N–H and O–H groups in total. The van der Waals surface area contributed by atoms with Crippen molar-refractivity contribution in [2.24, 2.45) is 5.92 Å². The summed E-state index contributed by atoms with van der Waals surface area (Å²) in [5.41, 5.74) is -1.69. The van der Waals surface area contributed by atoms with Gasteiger partial charge >= 0.3 is 6.18 Å². The standard InChI is InChI=1S/C12H10F3NO3/c13-12(14,15)9-4-3-8(10(6-9)16(18)19)5-11(17)7-1-2-7/h3-4,6-7H,1-2,5H2. The first-order valence-corrected chi connectivity index (χ1v) is 5.66. The molecule has 4 nitrogen and oxygen atoms in total. The Labute approximate surface area is 106 Å². The molecule has 0 saturated heterocycles. The van der Waals surface area contributed by atoms with Crippen LogP contribution >= 0.6 is 0 Å². The molecule has 1 fully saturated rings. The smallest absolute Gasteiger partial charge is 0.299 e. The van der Waals surface area contributed by atoms with Crippen LogP contribution in [0.3, 0.4) is 0 Å². The van der Waals surface area contributed by atoms with Gasteiger partial charge in [0.25, 0.3) is 5.69 Å². The summed E-state index contributed by atoms with van der Waals surface area (Å²) in [7, 11) is 0. The Morgan fingerprint density at radius 2 is 2.00 bits per heavy atom. The van der Waals surface area contributed by atoms with Gasteiger partial charge < -0.3 is 0 Å². The molecule has 7 heteroatoms. The predicted octanol–water partition coefficient (Wildman–Crippen LogP) is 3.14. The number of halogens is 3. The largest absolute Gasteiger partial charge is 0.416 e. The second kappa shape index (κ2) is 4.64. The molecule has 0 spiro atoms. The lowest BCUT2D eigenvalue weighted by molar-refractivity contribution is -0.385. The van der Waals surface area contributed by atoms with Crippen molar-refractivity contribution in [3.05, 3.63) is 39.4 Å². The van der Waals surface area contributed by atoms with Crippen molar-refractivity contribution in [1.29, 1.82) is 0 Å². The summed E-state index contributed by atoms with van der Waals surface area (Å²) in [4.78, 5) is 21.5. The van der Waals surface area contributed by atoms with Gasteiger partial charge in [-0.3, -0.25) is 14.9 Å². The number of ketones is 1. The minimum Gasteiger partial charge on any atom is -0.299 e. The van der Waals surface area contributed by atoms with E-state index in [1.807, 2.05) is 0 Å². The zero-order valence-corrected chi connectivity index (χ0v) is 9.74. The van der Waals surface area contributed by atoms with Gasteiger partial charge in [0.05, 0.1) is 10.5 Å². The van der Waals surface area contributed by atoms with Crippen LogP contribution in [0, 0.1) is 16.0 Å². The van der Waals surface area contributed by atoms with Crippen LogP contribution in [0.15, 0.2) is 18.2 Å². The number of rotatable bonds is 4. The van der Waals surface area contributed by atoms with E-state index in [1.165, 1.54) is 0 Å². The number of hydrogen-bond donors (Lipinski definition) is 0. The second-order valence-electron chi connectivity index (χ2n) is 4.52. The SMILES string of the molecule is O=C(Cc1ccc(C(F)(F)F)cc1[N+](=O)[O-])C1CC1. The Bertz CT molecular complexity index is 536. The summed E-state index contributed by atoms with van der Waals surface area (Å²) < 4.78 is 37.4. The van der Waals surface area contributed by atoms with E-state index in [9.17, 15) is 28.1 Å². The molecule has 0 radical (unpaired) electrons. The maximum absolute atomic E-state index is 12.5. The zero-order chi connectivity index (χ0) is 14.2. The third-order valence-electron chi connectivity index (χ3n) is 3.01. The van der Waals surface area contributed by atoms with Crippen molar-refractivity contribution < 1.29 is 22.9 Å². The molecule has 2 rings (SSSR count). The van der Waals surface area contributed by atoms with Gasteiger partial charge in [-0.1, -0.05) is 6.07 Å². The molecular weight excluding hydrogens is 263 g/mol. The van der Waals surface area contributed by atoms with Crippen molar-refractivity contribution >= 4 is 11.5 Å².